The molecular formula is C26H28F2N4O5. The summed E-state index contributed by atoms with van der Waals surface area (Å²) in [6.07, 6.45) is 2.94. The molecule has 196 valence electrons. The molecule has 4 heterocycles. The quantitative estimate of drug-likeness (QED) is 0.554. The van der Waals surface area contributed by atoms with Crippen LogP contribution in [0, 0.1) is 18.6 Å². The predicted octanol–water partition coefficient (Wildman–Crippen LogP) is 3.28. The summed E-state index contributed by atoms with van der Waals surface area (Å²) >= 11 is 0. The van der Waals surface area contributed by atoms with Crippen molar-refractivity contribution in [1.82, 2.24) is 14.5 Å². The molecule has 9 nitrogen and oxygen atoms in total. The molecule has 2 aliphatic heterocycles. The largest absolute Gasteiger partial charge is 0.477 e. The molecule has 0 radical (unpaired) electrons. The fraction of sp³-hybridized carbons (Fsp3) is 0.423. The molecule has 2 aromatic heterocycles. The van der Waals surface area contributed by atoms with Crippen molar-refractivity contribution in [2.24, 2.45) is 0 Å². The van der Waals surface area contributed by atoms with E-state index in [1.54, 1.807) is 11.8 Å². The van der Waals surface area contributed by atoms with Crippen LogP contribution in [-0.2, 0) is 24.4 Å². The van der Waals surface area contributed by atoms with E-state index in [4.69, 9.17) is 9.47 Å². The Morgan fingerprint density at radius 2 is 2.08 bits per heavy atom. The Kier molecular flexibility index (Phi) is 6.59. The molecular weight excluding hydrogens is 486 g/mol. The highest BCUT2D eigenvalue weighted by Gasteiger charge is 2.31. The molecule has 2 aliphatic rings. The molecule has 1 saturated heterocycles. The number of pyridine rings is 2. The van der Waals surface area contributed by atoms with Crippen LogP contribution in [0.3, 0.4) is 0 Å². The zero-order chi connectivity index (χ0) is 26.4. The molecule has 0 saturated carbocycles. The zero-order valence-corrected chi connectivity index (χ0v) is 20.9. The van der Waals surface area contributed by atoms with Gasteiger partial charge >= 0.3 is 5.97 Å². The van der Waals surface area contributed by atoms with Crippen molar-refractivity contribution in [3.63, 3.8) is 0 Å². The monoisotopic (exact) mass is 514 g/mol. The van der Waals surface area contributed by atoms with E-state index in [0.717, 1.165) is 34.8 Å². The standard InChI is InChI=1S/C26H28F2N4O5/c1-4-30-11-18(26(34)35)24(33)17-7-20(27)23(21(28)22(17)30)32-6-5-31(14(2)9-32)10-16-8-29-15(3)25-19(16)12-36-13-37-25/h7-8,11,14H,4-6,9-10,12-13H2,1-3H3,(H,34,35). The van der Waals surface area contributed by atoms with E-state index in [9.17, 15) is 14.7 Å². The molecule has 0 amide bonds. The number of benzene rings is 1. The minimum Gasteiger partial charge on any atom is -0.477 e. The lowest BCUT2D eigenvalue weighted by molar-refractivity contribution is -0.0181. The van der Waals surface area contributed by atoms with Crippen molar-refractivity contribution in [2.75, 3.05) is 31.3 Å². The normalized spacial score (nSPS) is 18.1. The Hall–Kier alpha value is -3.57. The van der Waals surface area contributed by atoms with E-state index in [0.29, 0.717) is 32.8 Å². The Labute approximate surface area is 211 Å². The predicted molar refractivity (Wildman–Crippen MR) is 132 cm³/mol. The van der Waals surface area contributed by atoms with E-state index >= 15 is 8.78 Å². The average molecular weight is 515 g/mol. The van der Waals surface area contributed by atoms with Crippen LogP contribution < -0.4 is 15.1 Å². The highest BCUT2D eigenvalue weighted by atomic mass is 19.1. The van der Waals surface area contributed by atoms with Crippen LogP contribution in [-0.4, -0.2) is 58.0 Å². The van der Waals surface area contributed by atoms with E-state index in [1.807, 2.05) is 20.0 Å². The topological polar surface area (TPSA) is 97.1 Å². The first kappa shape index (κ1) is 25.1. The number of aromatic nitrogens is 2. The number of carboxylic acids is 1. The van der Waals surface area contributed by atoms with Crippen LogP contribution in [0.4, 0.5) is 14.5 Å². The Morgan fingerprint density at radius 1 is 1.30 bits per heavy atom. The number of nitrogens with zero attached hydrogens (tertiary/aromatic N) is 4. The van der Waals surface area contributed by atoms with Crippen molar-refractivity contribution in [1.29, 1.82) is 0 Å². The van der Waals surface area contributed by atoms with Gasteiger partial charge in [0.1, 0.15) is 22.8 Å². The number of aryl methyl sites for hydroxylation is 2. The minimum atomic E-state index is -1.44. The summed E-state index contributed by atoms with van der Waals surface area (Å²) in [5.74, 6) is -2.44. The zero-order valence-electron chi connectivity index (χ0n) is 20.9. The lowest BCUT2D eigenvalue weighted by Crippen LogP contribution is -2.52. The summed E-state index contributed by atoms with van der Waals surface area (Å²) in [7, 11) is 0. The second kappa shape index (κ2) is 9.71. The van der Waals surface area contributed by atoms with Gasteiger partial charge in [0.05, 0.1) is 23.2 Å². The smallest absolute Gasteiger partial charge is 0.341 e. The lowest BCUT2D eigenvalue weighted by Gasteiger charge is -2.41. The van der Waals surface area contributed by atoms with Crippen LogP contribution in [0.1, 0.15) is 41.0 Å². The molecule has 5 rings (SSSR count). The van der Waals surface area contributed by atoms with Crippen LogP contribution >= 0.6 is 0 Å². The SMILES string of the molecule is CCn1cc(C(=O)O)c(=O)c2cc(F)c(N3CCN(Cc4cnc(C)c5c4COCO5)C(C)C3)c(F)c21. The fourth-order valence-corrected chi connectivity index (χ4v) is 5.23. The molecule has 11 heteroatoms. The highest BCUT2D eigenvalue weighted by molar-refractivity contribution is 5.93. The fourth-order valence-electron chi connectivity index (χ4n) is 5.23. The summed E-state index contributed by atoms with van der Waals surface area (Å²) in [4.78, 5) is 32.5. The third-order valence-corrected chi connectivity index (χ3v) is 7.19. The number of carboxylic acid groups (broad SMARTS) is 1. The first-order valence-electron chi connectivity index (χ1n) is 12.2. The number of piperazine rings is 1. The highest BCUT2D eigenvalue weighted by Crippen LogP contribution is 2.33. The molecule has 3 aromatic rings. The van der Waals surface area contributed by atoms with Gasteiger partial charge in [0, 0.05) is 56.7 Å². The summed E-state index contributed by atoms with van der Waals surface area (Å²) in [5.41, 5.74) is 1.04. The molecule has 0 spiro atoms. The number of carbonyl (C=O) groups is 1. The number of rotatable bonds is 5. The number of aromatic carboxylic acids is 1. The van der Waals surface area contributed by atoms with Crippen molar-refractivity contribution in [2.45, 2.75) is 46.5 Å². The molecule has 1 fully saturated rings. The van der Waals surface area contributed by atoms with Gasteiger partial charge in [-0.05, 0) is 32.4 Å². The van der Waals surface area contributed by atoms with Crippen molar-refractivity contribution >= 4 is 22.6 Å². The molecule has 37 heavy (non-hydrogen) atoms. The summed E-state index contributed by atoms with van der Waals surface area (Å²) in [5, 5.41) is 9.07. The second-order valence-electron chi connectivity index (χ2n) is 9.43. The first-order chi connectivity index (χ1) is 17.7. The number of halogens is 2. The van der Waals surface area contributed by atoms with Crippen molar-refractivity contribution < 1.29 is 28.2 Å². The third-order valence-electron chi connectivity index (χ3n) is 7.19. The van der Waals surface area contributed by atoms with Gasteiger partial charge in [-0.1, -0.05) is 0 Å². The maximum atomic E-state index is 15.8. The van der Waals surface area contributed by atoms with Gasteiger partial charge in [-0.3, -0.25) is 14.7 Å². The molecule has 1 atom stereocenters. The van der Waals surface area contributed by atoms with E-state index in [1.165, 1.54) is 4.57 Å². The maximum Gasteiger partial charge on any atom is 0.341 e. The van der Waals surface area contributed by atoms with E-state index < -0.39 is 28.6 Å². The van der Waals surface area contributed by atoms with Gasteiger partial charge in [0.25, 0.3) is 0 Å². The minimum absolute atomic E-state index is 0.0478. The van der Waals surface area contributed by atoms with E-state index in [-0.39, 0.29) is 36.0 Å². The van der Waals surface area contributed by atoms with Crippen molar-refractivity contribution in [3.05, 3.63) is 62.7 Å². The molecule has 0 bridgehead atoms. The van der Waals surface area contributed by atoms with Crippen LogP contribution in [0.25, 0.3) is 10.9 Å². The first-order valence-corrected chi connectivity index (χ1v) is 12.2. The van der Waals surface area contributed by atoms with Gasteiger partial charge in [0.15, 0.2) is 12.6 Å². The van der Waals surface area contributed by atoms with E-state index in [2.05, 4.69) is 9.88 Å². The van der Waals surface area contributed by atoms with Gasteiger partial charge in [-0.2, -0.15) is 0 Å². The Morgan fingerprint density at radius 3 is 2.78 bits per heavy atom. The molecule has 1 N–H and O–H groups in total. The Balaban J connectivity index is 1.44. The van der Waals surface area contributed by atoms with Crippen LogP contribution in [0.2, 0.25) is 0 Å². The van der Waals surface area contributed by atoms with Crippen LogP contribution in [0.5, 0.6) is 5.75 Å². The summed E-state index contributed by atoms with van der Waals surface area (Å²) in [6.45, 7) is 8.29. The number of fused-ring (bicyclic) bond motifs is 2. The molecule has 1 unspecified atom stereocenters. The number of hydrogen-bond donors (Lipinski definition) is 1. The number of hydrogen-bond acceptors (Lipinski definition) is 7. The molecule has 0 aliphatic carbocycles. The summed E-state index contributed by atoms with van der Waals surface area (Å²) < 4.78 is 43.6. The lowest BCUT2D eigenvalue weighted by atomic mass is 10.0. The third kappa shape index (κ3) is 4.31. The van der Waals surface area contributed by atoms with Gasteiger partial charge in [-0.15, -0.1) is 0 Å². The average Bonchev–Trinajstić information content (AvgIpc) is 2.87. The number of anilines is 1. The Bertz CT molecular complexity index is 1460. The second-order valence-corrected chi connectivity index (χ2v) is 9.43. The van der Waals surface area contributed by atoms with Crippen molar-refractivity contribution in [3.8, 4) is 5.75 Å². The van der Waals surface area contributed by atoms with Gasteiger partial charge in [0.2, 0.25) is 5.43 Å². The van der Waals surface area contributed by atoms with Gasteiger partial charge < -0.3 is 24.0 Å². The number of ether oxygens (including phenoxy) is 2. The maximum absolute atomic E-state index is 15.8. The summed E-state index contributed by atoms with van der Waals surface area (Å²) in [6, 6.07) is 0.907. The van der Waals surface area contributed by atoms with Crippen LogP contribution in [0.15, 0.2) is 23.3 Å². The van der Waals surface area contributed by atoms with Gasteiger partial charge in [-0.25, -0.2) is 13.6 Å². The molecule has 1 aromatic carbocycles.